The average molecular weight is 407 g/mol. The van der Waals surface area contributed by atoms with Crippen LogP contribution in [0, 0.1) is 0 Å². The maximum absolute atomic E-state index is 12.6. The van der Waals surface area contributed by atoms with Gasteiger partial charge in [-0.1, -0.05) is 36.4 Å². The molecule has 2 heterocycles. The molecule has 0 aromatic heterocycles. The fourth-order valence-corrected chi connectivity index (χ4v) is 4.22. The molecular formula is C24H30N4O2. The number of likely N-dealkylation sites (tertiary alicyclic amines) is 2. The number of amides is 2. The van der Waals surface area contributed by atoms with Gasteiger partial charge in [0.05, 0.1) is 0 Å². The van der Waals surface area contributed by atoms with Crippen LogP contribution in [-0.2, 0) is 0 Å². The Morgan fingerprint density at radius 2 is 0.933 bits per heavy atom. The van der Waals surface area contributed by atoms with E-state index in [9.17, 15) is 9.59 Å². The van der Waals surface area contributed by atoms with Gasteiger partial charge >= 0.3 is 0 Å². The van der Waals surface area contributed by atoms with Crippen LogP contribution in [0.2, 0.25) is 0 Å². The van der Waals surface area contributed by atoms with Crippen molar-refractivity contribution < 1.29 is 9.59 Å². The van der Waals surface area contributed by atoms with Gasteiger partial charge in [0.1, 0.15) is 0 Å². The van der Waals surface area contributed by atoms with Crippen molar-refractivity contribution in [3.05, 3.63) is 71.8 Å². The van der Waals surface area contributed by atoms with Crippen molar-refractivity contribution >= 4 is 11.8 Å². The van der Waals surface area contributed by atoms with Gasteiger partial charge in [-0.05, 0) is 49.9 Å². The predicted molar refractivity (Wildman–Crippen MR) is 117 cm³/mol. The van der Waals surface area contributed by atoms with Crippen molar-refractivity contribution in [3.8, 4) is 0 Å². The molecule has 0 unspecified atom stereocenters. The van der Waals surface area contributed by atoms with Crippen LogP contribution in [0.4, 0.5) is 0 Å². The van der Waals surface area contributed by atoms with Crippen LogP contribution >= 0.6 is 0 Å². The van der Waals surface area contributed by atoms with Crippen LogP contribution in [0.3, 0.4) is 0 Å². The van der Waals surface area contributed by atoms with Gasteiger partial charge in [0, 0.05) is 49.4 Å². The Morgan fingerprint density at radius 3 is 1.27 bits per heavy atom. The zero-order valence-electron chi connectivity index (χ0n) is 17.3. The zero-order chi connectivity index (χ0) is 20.8. The number of benzene rings is 2. The van der Waals surface area contributed by atoms with E-state index in [1.54, 1.807) is 0 Å². The van der Waals surface area contributed by atoms with Gasteiger partial charge < -0.3 is 9.80 Å². The molecule has 2 aromatic carbocycles. The van der Waals surface area contributed by atoms with Gasteiger partial charge in [-0.3, -0.25) is 20.4 Å². The Morgan fingerprint density at radius 1 is 0.600 bits per heavy atom. The highest BCUT2D eigenvalue weighted by atomic mass is 16.2. The molecule has 30 heavy (non-hydrogen) atoms. The summed E-state index contributed by atoms with van der Waals surface area (Å²) in [6.07, 6.45) is 3.77. The smallest absolute Gasteiger partial charge is 0.253 e. The minimum Gasteiger partial charge on any atom is -0.339 e. The molecular weight excluding hydrogens is 376 g/mol. The Labute approximate surface area is 178 Å². The number of hydrazine groups is 1. The first-order chi connectivity index (χ1) is 14.7. The summed E-state index contributed by atoms with van der Waals surface area (Å²) in [6, 6.07) is 19.7. The summed E-state index contributed by atoms with van der Waals surface area (Å²) < 4.78 is 0. The number of nitrogens with zero attached hydrogens (tertiary/aromatic N) is 2. The third-order valence-corrected chi connectivity index (χ3v) is 6.10. The van der Waals surface area contributed by atoms with E-state index in [-0.39, 0.29) is 11.8 Å². The number of rotatable bonds is 5. The average Bonchev–Trinajstić information content (AvgIpc) is 2.83. The van der Waals surface area contributed by atoms with Gasteiger partial charge in [0.15, 0.2) is 0 Å². The number of carbonyl (C=O) groups is 2. The highest BCUT2D eigenvalue weighted by Gasteiger charge is 2.26. The number of hydrogen-bond donors (Lipinski definition) is 2. The molecule has 2 fully saturated rings. The molecule has 2 aromatic rings. The predicted octanol–water partition coefficient (Wildman–Crippen LogP) is 2.69. The first kappa shape index (κ1) is 20.6. The van der Waals surface area contributed by atoms with Crippen LogP contribution in [0.1, 0.15) is 46.4 Å². The van der Waals surface area contributed by atoms with E-state index in [1.807, 2.05) is 70.5 Å². The Bertz CT molecular complexity index is 755. The van der Waals surface area contributed by atoms with Crippen LogP contribution in [0.25, 0.3) is 0 Å². The normalized spacial score (nSPS) is 18.4. The summed E-state index contributed by atoms with van der Waals surface area (Å²) in [5, 5.41) is 0. The van der Waals surface area contributed by atoms with Gasteiger partial charge in [-0.15, -0.1) is 0 Å². The van der Waals surface area contributed by atoms with E-state index >= 15 is 0 Å². The number of piperidine rings is 2. The molecule has 0 saturated carbocycles. The molecule has 0 bridgehead atoms. The number of nitrogens with one attached hydrogen (secondary N) is 2. The SMILES string of the molecule is O=C(c1ccccc1)N1CCC(NNC2CCN(C(=O)c3ccccc3)CC2)CC1. The van der Waals surface area contributed by atoms with Crippen molar-refractivity contribution in [2.24, 2.45) is 0 Å². The molecule has 0 radical (unpaired) electrons. The second kappa shape index (κ2) is 9.87. The summed E-state index contributed by atoms with van der Waals surface area (Å²) in [5.74, 6) is 0.245. The zero-order valence-corrected chi connectivity index (χ0v) is 17.3. The lowest BCUT2D eigenvalue weighted by Crippen LogP contribution is -2.54. The fourth-order valence-electron chi connectivity index (χ4n) is 4.22. The highest BCUT2D eigenvalue weighted by molar-refractivity contribution is 5.94. The van der Waals surface area contributed by atoms with E-state index in [4.69, 9.17) is 0 Å². The van der Waals surface area contributed by atoms with E-state index in [0.29, 0.717) is 12.1 Å². The lowest BCUT2D eigenvalue weighted by molar-refractivity contribution is 0.0667. The lowest BCUT2D eigenvalue weighted by Gasteiger charge is -2.36. The minimum atomic E-state index is 0.123. The topological polar surface area (TPSA) is 64.7 Å². The largest absolute Gasteiger partial charge is 0.339 e. The van der Waals surface area contributed by atoms with Crippen molar-refractivity contribution in [2.75, 3.05) is 26.2 Å². The van der Waals surface area contributed by atoms with Crippen molar-refractivity contribution in [2.45, 2.75) is 37.8 Å². The van der Waals surface area contributed by atoms with Crippen LogP contribution < -0.4 is 10.9 Å². The maximum Gasteiger partial charge on any atom is 0.253 e. The van der Waals surface area contributed by atoms with Crippen LogP contribution in [0.5, 0.6) is 0 Å². The molecule has 2 N–H and O–H groups in total. The quantitative estimate of drug-likeness (QED) is 0.750. The lowest BCUT2D eigenvalue weighted by atomic mass is 10.0. The second-order valence-electron chi connectivity index (χ2n) is 8.15. The molecule has 0 spiro atoms. The standard InChI is InChI=1S/C24H30N4O2/c29-23(19-7-3-1-4-8-19)27-15-11-21(12-16-27)25-26-22-13-17-28(18-14-22)24(30)20-9-5-2-6-10-20/h1-10,21-22,25-26H,11-18H2. The molecule has 4 rings (SSSR count). The third kappa shape index (κ3) is 5.07. The minimum absolute atomic E-state index is 0.123. The van der Waals surface area contributed by atoms with Gasteiger partial charge in [0.25, 0.3) is 11.8 Å². The van der Waals surface area contributed by atoms with Crippen molar-refractivity contribution in [1.82, 2.24) is 20.7 Å². The second-order valence-corrected chi connectivity index (χ2v) is 8.15. The number of carbonyl (C=O) groups excluding carboxylic acids is 2. The van der Waals surface area contributed by atoms with E-state index < -0.39 is 0 Å². The monoisotopic (exact) mass is 406 g/mol. The van der Waals surface area contributed by atoms with Crippen molar-refractivity contribution in [3.63, 3.8) is 0 Å². The molecule has 2 saturated heterocycles. The Hall–Kier alpha value is -2.70. The molecule has 158 valence electrons. The van der Waals surface area contributed by atoms with E-state index in [2.05, 4.69) is 10.9 Å². The van der Waals surface area contributed by atoms with Crippen molar-refractivity contribution in [1.29, 1.82) is 0 Å². The Balaban J connectivity index is 1.16. The molecule has 6 heteroatoms. The van der Waals surface area contributed by atoms with Crippen LogP contribution in [0.15, 0.2) is 60.7 Å². The van der Waals surface area contributed by atoms with Gasteiger partial charge in [-0.2, -0.15) is 0 Å². The van der Waals surface area contributed by atoms with Gasteiger partial charge in [0.2, 0.25) is 0 Å². The first-order valence-electron chi connectivity index (χ1n) is 10.9. The molecule has 2 amide bonds. The fraction of sp³-hybridized carbons (Fsp3) is 0.417. The Kier molecular flexibility index (Phi) is 6.77. The first-order valence-corrected chi connectivity index (χ1v) is 10.9. The summed E-state index contributed by atoms with van der Waals surface area (Å²) in [6.45, 7) is 3.10. The third-order valence-electron chi connectivity index (χ3n) is 6.10. The van der Waals surface area contributed by atoms with Crippen LogP contribution in [-0.4, -0.2) is 59.9 Å². The summed E-state index contributed by atoms with van der Waals surface area (Å²) >= 11 is 0. The van der Waals surface area contributed by atoms with Gasteiger partial charge in [-0.25, -0.2) is 0 Å². The number of hydrogen-bond acceptors (Lipinski definition) is 4. The maximum atomic E-state index is 12.6. The molecule has 2 aliphatic heterocycles. The molecule has 0 aliphatic carbocycles. The van der Waals surface area contributed by atoms with E-state index in [1.165, 1.54) is 0 Å². The summed E-state index contributed by atoms with van der Waals surface area (Å²) in [5.41, 5.74) is 8.48. The summed E-state index contributed by atoms with van der Waals surface area (Å²) in [7, 11) is 0. The van der Waals surface area contributed by atoms with E-state index in [0.717, 1.165) is 63.0 Å². The highest BCUT2D eigenvalue weighted by Crippen LogP contribution is 2.16. The molecule has 2 aliphatic rings. The summed E-state index contributed by atoms with van der Waals surface area (Å²) in [4.78, 5) is 29.0. The molecule has 6 nitrogen and oxygen atoms in total. The molecule has 0 atom stereocenters.